The number of aliphatic hydroxyl groups is 2. The molecular weight excluding hydrogens is 92.1 g/mol. The Bertz CT molecular complexity index is 98.0. The van der Waals surface area contributed by atoms with Crippen LogP contribution in [0.3, 0.4) is 0 Å². The zero-order valence-electron chi connectivity index (χ0n) is 4.39. The SMILES string of the molecule is CC(C)=C=C(O)O. The van der Waals surface area contributed by atoms with E-state index >= 15 is 0 Å². The van der Waals surface area contributed by atoms with E-state index < -0.39 is 5.95 Å². The molecule has 0 saturated carbocycles. The molecule has 0 amide bonds. The minimum Gasteiger partial charge on any atom is -0.475 e. The summed E-state index contributed by atoms with van der Waals surface area (Å²) in [5.74, 6) is -0.750. The van der Waals surface area contributed by atoms with Gasteiger partial charge in [0.15, 0.2) is 0 Å². The van der Waals surface area contributed by atoms with E-state index in [1.54, 1.807) is 13.8 Å². The van der Waals surface area contributed by atoms with Gasteiger partial charge in [0.1, 0.15) is 0 Å². The number of rotatable bonds is 0. The predicted molar refractivity (Wildman–Crippen MR) is 27.1 cm³/mol. The van der Waals surface area contributed by atoms with Crippen molar-refractivity contribution in [3.8, 4) is 0 Å². The lowest BCUT2D eigenvalue weighted by Crippen LogP contribution is -1.69. The fourth-order valence-corrected chi connectivity index (χ4v) is 0.224. The highest BCUT2D eigenvalue weighted by molar-refractivity contribution is 4.92. The van der Waals surface area contributed by atoms with Crippen molar-refractivity contribution >= 4 is 0 Å². The van der Waals surface area contributed by atoms with E-state index in [0.29, 0.717) is 0 Å². The molecule has 7 heavy (non-hydrogen) atoms. The van der Waals surface area contributed by atoms with Crippen LogP contribution in [-0.2, 0) is 0 Å². The zero-order chi connectivity index (χ0) is 5.86. The van der Waals surface area contributed by atoms with Gasteiger partial charge in [0.05, 0.1) is 0 Å². The maximum absolute atomic E-state index is 8.06. The van der Waals surface area contributed by atoms with Gasteiger partial charge in [0.25, 0.3) is 0 Å². The van der Waals surface area contributed by atoms with Crippen LogP contribution in [0.1, 0.15) is 13.8 Å². The quantitative estimate of drug-likeness (QED) is 0.358. The third-order valence-electron chi connectivity index (χ3n) is 0.362. The molecule has 0 unspecified atom stereocenters. The van der Waals surface area contributed by atoms with Crippen LogP contribution in [0.2, 0.25) is 0 Å². The minimum absolute atomic E-state index is 0.750. The molecule has 0 spiro atoms. The van der Waals surface area contributed by atoms with Gasteiger partial charge in [-0.25, -0.2) is 0 Å². The molecule has 0 rings (SSSR count). The Balaban J connectivity index is 4.13. The van der Waals surface area contributed by atoms with Crippen LogP contribution >= 0.6 is 0 Å². The lowest BCUT2D eigenvalue weighted by Gasteiger charge is -1.77. The second-order valence-corrected chi connectivity index (χ2v) is 1.45. The van der Waals surface area contributed by atoms with Crippen molar-refractivity contribution in [2.24, 2.45) is 0 Å². The molecule has 2 nitrogen and oxygen atoms in total. The van der Waals surface area contributed by atoms with Gasteiger partial charge < -0.3 is 10.2 Å². The topological polar surface area (TPSA) is 40.5 Å². The average molecular weight is 100 g/mol. The molecule has 0 bridgehead atoms. The van der Waals surface area contributed by atoms with Crippen LogP contribution in [-0.4, -0.2) is 10.2 Å². The van der Waals surface area contributed by atoms with Gasteiger partial charge in [-0.15, -0.1) is 0 Å². The molecular formula is C5H8O2. The maximum Gasteiger partial charge on any atom is 0.322 e. The van der Waals surface area contributed by atoms with Crippen molar-refractivity contribution in [3.63, 3.8) is 0 Å². The molecule has 0 aliphatic heterocycles. The van der Waals surface area contributed by atoms with Gasteiger partial charge in [0, 0.05) is 0 Å². The predicted octanol–water partition coefficient (Wildman–Crippen LogP) is 1.51. The molecule has 0 aromatic rings. The molecule has 0 heterocycles. The number of allylic oxidation sites excluding steroid dienone is 1. The molecule has 2 heteroatoms. The van der Waals surface area contributed by atoms with Gasteiger partial charge in [-0.05, 0) is 25.2 Å². The summed E-state index contributed by atoms with van der Waals surface area (Å²) in [6.45, 7) is 3.46. The van der Waals surface area contributed by atoms with Gasteiger partial charge in [0.2, 0.25) is 0 Å². The molecule has 2 N–H and O–H groups in total. The summed E-state index contributed by atoms with van der Waals surface area (Å²) in [5.41, 5.74) is 3.00. The Hall–Kier alpha value is -0.880. The van der Waals surface area contributed by atoms with E-state index in [4.69, 9.17) is 10.2 Å². The summed E-state index contributed by atoms with van der Waals surface area (Å²) in [4.78, 5) is 0. The van der Waals surface area contributed by atoms with E-state index in [-0.39, 0.29) is 0 Å². The number of aliphatic hydroxyl groups excluding tert-OH is 1. The van der Waals surface area contributed by atoms with Crippen LogP contribution < -0.4 is 0 Å². The summed E-state index contributed by atoms with van der Waals surface area (Å²) in [6, 6.07) is 0. The third kappa shape index (κ3) is 5.12. The molecule has 0 aliphatic rings. The Labute approximate surface area is 42.4 Å². The summed E-state index contributed by atoms with van der Waals surface area (Å²) >= 11 is 0. The third-order valence-corrected chi connectivity index (χ3v) is 0.362. The lowest BCUT2D eigenvalue weighted by molar-refractivity contribution is 0.192. The van der Waals surface area contributed by atoms with Gasteiger partial charge in [-0.2, -0.15) is 0 Å². The summed E-state index contributed by atoms with van der Waals surface area (Å²) in [6.07, 6.45) is 0. The van der Waals surface area contributed by atoms with Crippen molar-refractivity contribution in [3.05, 3.63) is 17.2 Å². The summed E-state index contributed by atoms with van der Waals surface area (Å²) in [7, 11) is 0. The highest BCUT2D eigenvalue weighted by Crippen LogP contribution is 1.84. The van der Waals surface area contributed by atoms with Gasteiger partial charge >= 0.3 is 5.95 Å². The van der Waals surface area contributed by atoms with Crippen molar-refractivity contribution < 1.29 is 10.2 Å². The lowest BCUT2D eigenvalue weighted by atomic mass is 10.4. The highest BCUT2D eigenvalue weighted by atomic mass is 16.5. The zero-order valence-corrected chi connectivity index (χ0v) is 4.39. The molecule has 0 radical (unpaired) electrons. The molecule has 0 fully saturated rings. The Morgan fingerprint density at radius 3 is 1.71 bits per heavy atom. The van der Waals surface area contributed by atoms with E-state index in [1.165, 1.54) is 0 Å². The second-order valence-electron chi connectivity index (χ2n) is 1.45. The van der Waals surface area contributed by atoms with E-state index in [9.17, 15) is 0 Å². The fourth-order valence-electron chi connectivity index (χ4n) is 0.224. The van der Waals surface area contributed by atoms with Gasteiger partial charge in [-0.3, -0.25) is 0 Å². The summed E-state index contributed by atoms with van der Waals surface area (Å²) in [5, 5.41) is 16.1. The molecule has 0 aromatic heterocycles. The van der Waals surface area contributed by atoms with Crippen molar-refractivity contribution in [2.45, 2.75) is 13.8 Å². The van der Waals surface area contributed by atoms with Crippen LogP contribution in [0.5, 0.6) is 0 Å². The first-order valence-electron chi connectivity index (χ1n) is 1.95. The fraction of sp³-hybridized carbons (Fsp3) is 0.400. The van der Waals surface area contributed by atoms with E-state index in [0.717, 1.165) is 5.57 Å². The van der Waals surface area contributed by atoms with Crippen LogP contribution in [0.4, 0.5) is 0 Å². The Morgan fingerprint density at radius 2 is 1.71 bits per heavy atom. The molecule has 0 atom stereocenters. The van der Waals surface area contributed by atoms with Crippen molar-refractivity contribution in [2.75, 3.05) is 0 Å². The van der Waals surface area contributed by atoms with Crippen LogP contribution in [0, 0.1) is 0 Å². The Morgan fingerprint density at radius 1 is 1.29 bits per heavy atom. The average Bonchev–Trinajstić information content (AvgIpc) is 1.27. The standard InChI is InChI=1S/C5H8O2/c1-4(2)3-5(6)7/h6-7H,1-2H3. The van der Waals surface area contributed by atoms with Crippen molar-refractivity contribution in [1.82, 2.24) is 0 Å². The molecule has 0 aromatic carbocycles. The second kappa shape index (κ2) is 2.32. The monoisotopic (exact) mass is 100 g/mol. The minimum atomic E-state index is -0.750. The number of hydrogen-bond donors (Lipinski definition) is 2. The smallest absolute Gasteiger partial charge is 0.322 e. The molecule has 0 aliphatic carbocycles. The van der Waals surface area contributed by atoms with E-state index in [1.807, 2.05) is 0 Å². The van der Waals surface area contributed by atoms with E-state index in [2.05, 4.69) is 5.73 Å². The summed E-state index contributed by atoms with van der Waals surface area (Å²) < 4.78 is 0. The number of hydrogen-bond acceptors (Lipinski definition) is 2. The first kappa shape index (κ1) is 6.12. The molecule has 0 saturated heterocycles. The van der Waals surface area contributed by atoms with Crippen LogP contribution in [0.25, 0.3) is 0 Å². The highest BCUT2D eigenvalue weighted by Gasteiger charge is 1.74. The normalized spacial score (nSPS) is 7.14. The van der Waals surface area contributed by atoms with Crippen molar-refractivity contribution in [1.29, 1.82) is 0 Å². The van der Waals surface area contributed by atoms with Gasteiger partial charge in [-0.1, -0.05) is 0 Å². The first-order valence-corrected chi connectivity index (χ1v) is 1.95. The molecule has 40 valence electrons. The Kier molecular flexibility index (Phi) is 2.03. The largest absolute Gasteiger partial charge is 0.475 e. The van der Waals surface area contributed by atoms with Crippen LogP contribution in [0.15, 0.2) is 17.2 Å². The maximum atomic E-state index is 8.06. The first-order chi connectivity index (χ1) is 3.13.